The van der Waals surface area contributed by atoms with Crippen LogP contribution < -0.4 is 10.6 Å². The van der Waals surface area contributed by atoms with Crippen LogP contribution in [0.3, 0.4) is 0 Å². The smallest absolute Gasteiger partial charge is 0.324 e. The van der Waals surface area contributed by atoms with Crippen LogP contribution in [0.15, 0.2) is 48.9 Å². The van der Waals surface area contributed by atoms with E-state index in [9.17, 15) is 4.79 Å². The van der Waals surface area contributed by atoms with Crippen LogP contribution in [-0.4, -0.2) is 38.6 Å². The Balaban J connectivity index is 1.42. The summed E-state index contributed by atoms with van der Waals surface area (Å²) in [5.41, 5.74) is 14.6. The van der Waals surface area contributed by atoms with Crippen LogP contribution in [0.4, 0.5) is 16.3 Å². The largest absolute Gasteiger partial charge is 0.383 e. The van der Waals surface area contributed by atoms with Gasteiger partial charge in [-0.3, -0.25) is 4.90 Å². The van der Waals surface area contributed by atoms with Crippen molar-refractivity contribution in [1.29, 1.82) is 0 Å². The fourth-order valence-electron chi connectivity index (χ4n) is 4.91. The van der Waals surface area contributed by atoms with Gasteiger partial charge in [0.15, 0.2) is 0 Å². The molecule has 0 bridgehead atoms. The van der Waals surface area contributed by atoms with E-state index in [4.69, 9.17) is 5.73 Å². The number of urea groups is 1. The number of fused-ring (bicyclic) bond motifs is 1. The van der Waals surface area contributed by atoms with Crippen LogP contribution in [0.5, 0.6) is 0 Å². The summed E-state index contributed by atoms with van der Waals surface area (Å²) < 4.78 is 1.96. The molecule has 2 N–H and O–H groups in total. The minimum Gasteiger partial charge on any atom is -0.383 e. The third-order valence-corrected chi connectivity index (χ3v) is 6.34. The zero-order valence-electron chi connectivity index (χ0n) is 19.5. The molecule has 4 aromatic rings. The number of benzene rings is 2. The molecule has 2 aromatic heterocycles. The first-order chi connectivity index (χ1) is 15.8. The maximum absolute atomic E-state index is 13.2. The van der Waals surface area contributed by atoms with E-state index in [2.05, 4.69) is 61.1 Å². The molecule has 2 amide bonds. The van der Waals surface area contributed by atoms with Crippen LogP contribution in [-0.2, 0) is 13.6 Å². The Labute approximate surface area is 193 Å². The second kappa shape index (κ2) is 7.92. The Morgan fingerprint density at radius 1 is 0.970 bits per heavy atom. The number of rotatable bonds is 4. The third kappa shape index (κ3) is 3.69. The van der Waals surface area contributed by atoms with E-state index >= 15 is 0 Å². The van der Waals surface area contributed by atoms with E-state index in [1.54, 1.807) is 0 Å². The number of amides is 2. The number of nitrogens with two attached hydrogens (primary N) is 1. The molecule has 0 unspecified atom stereocenters. The van der Waals surface area contributed by atoms with E-state index in [0.29, 0.717) is 25.5 Å². The summed E-state index contributed by atoms with van der Waals surface area (Å²) in [6.07, 6.45) is 3.52. The molecule has 1 aliphatic rings. The van der Waals surface area contributed by atoms with Crippen molar-refractivity contribution in [3.8, 4) is 11.1 Å². The van der Waals surface area contributed by atoms with Gasteiger partial charge in [-0.05, 0) is 49.6 Å². The fourth-order valence-corrected chi connectivity index (χ4v) is 4.91. The molecule has 33 heavy (non-hydrogen) atoms. The summed E-state index contributed by atoms with van der Waals surface area (Å²) in [6, 6.07) is 12.7. The number of anilines is 2. The van der Waals surface area contributed by atoms with Crippen molar-refractivity contribution in [3.63, 3.8) is 0 Å². The number of carbonyl (C=O) groups excluding carboxylic acids is 1. The van der Waals surface area contributed by atoms with Crippen molar-refractivity contribution < 1.29 is 4.79 Å². The predicted molar refractivity (Wildman–Crippen MR) is 132 cm³/mol. The molecular formula is C26H28N6O. The molecule has 0 atom stereocenters. The van der Waals surface area contributed by atoms with E-state index in [0.717, 1.165) is 33.4 Å². The first kappa shape index (κ1) is 21.0. The molecule has 0 aliphatic carbocycles. The number of aromatic nitrogens is 3. The quantitative estimate of drug-likeness (QED) is 0.504. The summed E-state index contributed by atoms with van der Waals surface area (Å²) in [5, 5.41) is 0.854. The molecule has 7 heteroatoms. The highest BCUT2D eigenvalue weighted by molar-refractivity contribution is 6.02. The fraction of sp³-hybridized carbons (Fsp3) is 0.269. The molecule has 0 radical (unpaired) electrons. The number of hydrogen-bond acceptors (Lipinski definition) is 4. The second-order valence-electron chi connectivity index (χ2n) is 8.96. The van der Waals surface area contributed by atoms with Gasteiger partial charge in [0.25, 0.3) is 0 Å². The Kier molecular flexibility index (Phi) is 5.04. The van der Waals surface area contributed by atoms with Crippen molar-refractivity contribution in [1.82, 2.24) is 19.4 Å². The molecule has 3 heterocycles. The Morgan fingerprint density at radius 3 is 2.45 bits per heavy atom. The Morgan fingerprint density at radius 2 is 1.73 bits per heavy atom. The van der Waals surface area contributed by atoms with Gasteiger partial charge in [0.1, 0.15) is 17.8 Å². The first-order valence-electron chi connectivity index (χ1n) is 11.1. The summed E-state index contributed by atoms with van der Waals surface area (Å²) in [5.74, 6) is 0.468. The number of hydrogen-bond donors (Lipinski definition) is 1. The minimum atomic E-state index is 0.0455. The average molecular weight is 441 g/mol. The van der Waals surface area contributed by atoms with Gasteiger partial charge in [-0.2, -0.15) is 0 Å². The van der Waals surface area contributed by atoms with Gasteiger partial charge in [-0.1, -0.05) is 35.4 Å². The predicted octanol–water partition coefficient (Wildman–Crippen LogP) is 4.58. The maximum Gasteiger partial charge on any atom is 0.324 e. The summed E-state index contributed by atoms with van der Waals surface area (Å²) in [4.78, 5) is 25.5. The van der Waals surface area contributed by atoms with Crippen molar-refractivity contribution in [3.05, 3.63) is 71.2 Å². The minimum absolute atomic E-state index is 0.0455. The lowest BCUT2D eigenvalue weighted by molar-refractivity contribution is 0.218. The highest BCUT2D eigenvalue weighted by Crippen LogP contribution is 2.36. The molecule has 7 nitrogen and oxygen atoms in total. The van der Waals surface area contributed by atoms with Crippen LogP contribution in [0.1, 0.15) is 22.3 Å². The van der Waals surface area contributed by atoms with Gasteiger partial charge in [0, 0.05) is 44.1 Å². The molecule has 168 valence electrons. The summed E-state index contributed by atoms with van der Waals surface area (Å²) in [6.45, 7) is 8.26. The molecule has 1 aliphatic heterocycles. The summed E-state index contributed by atoms with van der Waals surface area (Å²) >= 11 is 0. The zero-order chi connectivity index (χ0) is 23.3. The average Bonchev–Trinajstić information content (AvgIpc) is 3.28. The lowest BCUT2D eigenvalue weighted by Crippen LogP contribution is -2.31. The van der Waals surface area contributed by atoms with E-state index in [1.165, 1.54) is 23.0 Å². The standard InChI is InChI=1S/C26H28N6O/c1-16-9-17(2)11-19(10-16)13-31-7-8-32(26(31)33)20-5-6-21(18(3)12-20)22-14-30(4)25-23(22)24(27)28-15-29-25/h5-6,9-12,14-15H,7-8,13H2,1-4H3,(H2,27,28,29). The topological polar surface area (TPSA) is 80.3 Å². The van der Waals surface area contributed by atoms with Crippen LogP contribution in [0.25, 0.3) is 22.2 Å². The SMILES string of the molecule is Cc1cc(C)cc(CN2CCN(c3ccc(-c4cn(C)c5ncnc(N)c45)c(C)c3)C2=O)c1. The monoisotopic (exact) mass is 440 g/mol. The van der Waals surface area contributed by atoms with Gasteiger partial charge < -0.3 is 15.2 Å². The van der Waals surface area contributed by atoms with Gasteiger partial charge in [-0.25, -0.2) is 14.8 Å². The van der Waals surface area contributed by atoms with Crippen molar-refractivity contribution in [2.75, 3.05) is 23.7 Å². The third-order valence-electron chi connectivity index (χ3n) is 6.34. The van der Waals surface area contributed by atoms with E-state index in [1.807, 2.05) is 33.7 Å². The van der Waals surface area contributed by atoms with E-state index < -0.39 is 0 Å². The molecule has 1 saturated heterocycles. The zero-order valence-corrected chi connectivity index (χ0v) is 19.5. The van der Waals surface area contributed by atoms with Crippen molar-refractivity contribution >= 4 is 28.6 Å². The molecule has 0 spiro atoms. The number of nitrogens with zero attached hydrogens (tertiary/aromatic N) is 5. The molecule has 2 aromatic carbocycles. The lowest BCUT2D eigenvalue weighted by atomic mass is 10.00. The van der Waals surface area contributed by atoms with Gasteiger partial charge >= 0.3 is 6.03 Å². The number of aryl methyl sites for hydroxylation is 4. The number of carbonyl (C=O) groups is 1. The van der Waals surface area contributed by atoms with Crippen molar-refractivity contribution in [2.45, 2.75) is 27.3 Å². The Bertz CT molecular complexity index is 1370. The van der Waals surface area contributed by atoms with Gasteiger partial charge in [0.05, 0.1) is 5.39 Å². The van der Waals surface area contributed by atoms with Gasteiger partial charge in [0.2, 0.25) is 0 Å². The highest BCUT2D eigenvalue weighted by atomic mass is 16.2. The second-order valence-corrected chi connectivity index (χ2v) is 8.96. The maximum atomic E-state index is 13.2. The van der Waals surface area contributed by atoms with Crippen LogP contribution >= 0.6 is 0 Å². The molecular weight excluding hydrogens is 412 g/mol. The van der Waals surface area contributed by atoms with Crippen molar-refractivity contribution in [2.24, 2.45) is 7.05 Å². The van der Waals surface area contributed by atoms with E-state index in [-0.39, 0.29) is 6.03 Å². The lowest BCUT2D eigenvalue weighted by Gasteiger charge is -2.20. The number of nitrogen functional groups attached to an aromatic ring is 1. The molecule has 0 saturated carbocycles. The van der Waals surface area contributed by atoms with Crippen LogP contribution in [0, 0.1) is 20.8 Å². The Hall–Kier alpha value is -3.87. The first-order valence-corrected chi connectivity index (χ1v) is 11.1. The van der Waals surface area contributed by atoms with Crippen LogP contribution in [0.2, 0.25) is 0 Å². The molecule has 5 rings (SSSR count). The molecule has 1 fully saturated rings. The highest BCUT2D eigenvalue weighted by Gasteiger charge is 2.30. The van der Waals surface area contributed by atoms with Gasteiger partial charge in [-0.15, -0.1) is 0 Å². The summed E-state index contributed by atoms with van der Waals surface area (Å²) in [7, 11) is 1.95. The normalized spacial score (nSPS) is 14.0.